The van der Waals surface area contributed by atoms with Gasteiger partial charge in [-0.15, -0.1) is 0 Å². The number of nitrogens with zero attached hydrogens (tertiary/aromatic N) is 1. The summed E-state index contributed by atoms with van der Waals surface area (Å²) < 4.78 is 0. The van der Waals surface area contributed by atoms with Crippen LogP contribution in [0.2, 0.25) is 0 Å². The van der Waals surface area contributed by atoms with Gasteiger partial charge in [-0.2, -0.15) is 0 Å². The van der Waals surface area contributed by atoms with Crippen molar-refractivity contribution in [2.75, 3.05) is 11.9 Å². The second-order valence-electron chi connectivity index (χ2n) is 8.89. The summed E-state index contributed by atoms with van der Waals surface area (Å²) >= 11 is 0. The first-order valence-corrected chi connectivity index (χ1v) is 11.0. The molecule has 0 radical (unpaired) electrons. The number of piperidine rings is 2. The summed E-state index contributed by atoms with van der Waals surface area (Å²) in [6, 6.07) is 7.70. The second kappa shape index (κ2) is 8.80. The van der Waals surface area contributed by atoms with E-state index in [2.05, 4.69) is 39.7 Å². The van der Waals surface area contributed by atoms with Crippen molar-refractivity contribution in [2.24, 2.45) is 11.8 Å². The first-order valence-electron chi connectivity index (χ1n) is 11.0. The van der Waals surface area contributed by atoms with Crippen molar-refractivity contribution in [2.45, 2.75) is 58.0 Å². The summed E-state index contributed by atoms with van der Waals surface area (Å²) in [5.74, 6) is -2.17. The lowest BCUT2D eigenvalue weighted by atomic mass is 9.81. The van der Waals surface area contributed by atoms with Crippen LogP contribution in [0.5, 0.6) is 0 Å². The Morgan fingerprint density at radius 2 is 1.90 bits per heavy atom. The van der Waals surface area contributed by atoms with E-state index in [-0.39, 0.29) is 30.4 Å². The van der Waals surface area contributed by atoms with Crippen LogP contribution in [0.3, 0.4) is 0 Å². The van der Waals surface area contributed by atoms with Gasteiger partial charge in [0.15, 0.2) is 0 Å². The summed E-state index contributed by atoms with van der Waals surface area (Å²) in [6.07, 6.45) is 2.39. The molecule has 0 aliphatic carbocycles. The molecule has 3 amide bonds. The number of hydrogen-bond donors (Lipinski definition) is 4. The van der Waals surface area contributed by atoms with Crippen LogP contribution < -0.4 is 21.3 Å². The fraction of sp³-hybridized carbons (Fsp3) is 0.522. The van der Waals surface area contributed by atoms with Crippen LogP contribution in [-0.2, 0) is 14.4 Å². The zero-order valence-corrected chi connectivity index (χ0v) is 18.1. The first-order chi connectivity index (χ1) is 14.8. The van der Waals surface area contributed by atoms with Crippen LogP contribution in [0, 0.1) is 11.8 Å². The maximum absolute atomic E-state index is 13.1. The van der Waals surface area contributed by atoms with Gasteiger partial charge in [-0.1, -0.05) is 30.7 Å². The Balaban J connectivity index is 1.48. The lowest BCUT2D eigenvalue weighted by Gasteiger charge is -2.48. The quantitative estimate of drug-likeness (QED) is 0.587. The maximum atomic E-state index is 13.1. The molecular formula is C23H31N5O3. The number of benzene rings is 1. The minimum absolute atomic E-state index is 0.0171. The van der Waals surface area contributed by atoms with E-state index in [1.807, 2.05) is 19.1 Å². The van der Waals surface area contributed by atoms with Crippen LogP contribution in [0.4, 0.5) is 5.69 Å². The number of carbonyl (C=O) groups is 3. The van der Waals surface area contributed by atoms with Crippen molar-refractivity contribution in [1.82, 2.24) is 20.9 Å². The van der Waals surface area contributed by atoms with Gasteiger partial charge < -0.3 is 16.0 Å². The highest BCUT2D eigenvalue weighted by molar-refractivity contribution is 6.00. The van der Waals surface area contributed by atoms with Crippen molar-refractivity contribution < 1.29 is 14.4 Å². The third kappa shape index (κ3) is 4.50. The average molecular weight is 426 g/mol. The molecule has 4 rings (SSSR count). The molecule has 3 heterocycles. The highest BCUT2D eigenvalue weighted by Gasteiger charge is 2.49. The van der Waals surface area contributed by atoms with E-state index in [0.29, 0.717) is 11.7 Å². The Kier molecular flexibility index (Phi) is 6.11. The van der Waals surface area contributed by atoms with Gasteiger partial charge in [0, 0.05) is 24.7 Å². The summed E-state index contributed by atoms with van der Waals surface area (Å²) in [4.78, 5) is 40.7. The van der Waals surface area contributed by atoms with Gasteiger partial charge in [0.1, 0.15) is 6.29 Å². The number of fused-ring (bicyclic) bond motifs is 1. The lowest BCUT2D eigenvalue weighted by molar-refractivity contribution is -0.148. The van der Waals surface area contributed by atoms with E-state index < -0.39 is 18.0 Å². The summed E-state index contributed by atoms with van der Waals surface area (Å²) in [7, 11) is 0. The Labute approximate surface area is 182 Å². The van der Waals surface area contributed by atoms with E-state index >= 15 is 0 Å². The van der Waals surface area contributed by atoms with E-state index in [9.17, 15) is 14.4 Å². The Morgan fingerprint density at radius 1 is 1.16 bits per heavy atom. The first kappa shape index (κ1) is 21.5. The zero-order chi connectivity index (χ0) is 22.1. The van der Waals surface area contributed by atoms with Gasteiger partial charge in [-0.25, -0.2) is 0 Å². The smallest absolute Gasteiger partial charge is 0.229 e. The summed E-state index contributed by atoms with van der Waals surface area (Å²) in [6.45, 7) is 8.86. The molecule has 0 spiro atoms. The monoisotopic (exact) mass is 425 g/mol. The number of amides is 3. The minimum atomic E-state index is -0.744. The molecule has 31 heavy (non-hydrogen) atoms. The lowest BCUT2D eigenvalue weighted by Crippen LogP contribution is -2.75. The van der Waals surface area contributed by atoms with Crippen LogP contribution in [0.1, 0.15) is 45.1 Å². The van der Waals surface area contributed by atoms with Crippen molar-refractivity contribution in [3.63, 3.8) is 0 Å². The molecule has 3 aliphatic heterocycles. The Bertz CT molecular complexity index is 884. The SMILES string of the molecule is C=C(C)c1ccc(NC(=O)C2CC(=O)NC3NC(N4CCCCC4C)NC(=O)C32)cc1. The normalized spacial score (nSPS) is 31.2. The molecule has 0 aromatic heterocycles. The number of carbonyl (C=O) groups excluding carboxylic acids is 3. The van der Waals surface area contributed by atoms with Crippen LogP contribution in [0.25, 0.3) is 5.57 Å². The van der Waals surface area contributed by atoms with Gasteiger partial charge >= 0.3 is 0 Å². The molecule has 0 saturated carbocycles. The minimum Gasteiger partial charge on any atom is -0.340 e. The summed E-state index contributed by atoms with van der Waals surface area (Å²) in [5, 5.41) is 12.1. The van der Waals surface area contributed by atoms with Gasteiger partial charge in [0.2, 0.25) is 17.7 Å². The number of allylic oxidation sites excluding steroid dienone is 1. The third-order valence-corrected chi connectivity index (χ3v) is 6.60. The molecular weight excluding hydrogens is 394 g/mol. The maximum Gasteiger partial charge on any atom is 0.229 e. The molecule has 8 heteroatoms. The number of anilines is 1. The molecule has 4 N–H and O–H groups in total. The Hall–Kier alpha value is -2.71. The molecule has 166 valence electrons. The molecule has 1 aromatic rings. The van der Waals surface area contributed by atoms with Gasteiger partial charge in [-0.3, -0.25) is 24.6 Å². The molecule has 3 aliphatic rings. The highest BCUT2D eigenvalue weighted by atomic mass is 16.2. The predicted molar refractivity (Wildman–Crippen MR) is 118 cm³/mol. The standard InChI is InChI=1S/C23H31N5O3/c1-13(2)15-7-9-16(10-8-15)24-21(30)17-12-18(29)25-20-19(17)22(31)27-23(26-20)28-11-5-4-6-14(28)3/h7-10,14,17,19-20,23,26H,1,4-6,11-12H2,2-3H3,(H,24,30)(H,25,29)(H,27,31). The van der Waals surface area contributed by atoms with Gasteiger partial charge in [0.25, 0.3) is 0 Å². The van der Waals surface area contributed by atoms with E-state index in [1.54, 1.807) is 12.1 Å². The molecule has 3 fully saturated rings. The number of nitrogens with one attached hydrogen (secondary N) is 4. The zero-order valence-electron chi connectivity index (χ0n) is 18.1. The molecule has 3 saturated heterocycles. The number of hydrogen-bond acceptors (Lipinski definition) is 5. The van der Waals surface area contributed by atoms with Gasteiger partial charge in [-0.05, 0) is 44.4 Å². The van der Waals surface area contributed by atoms with Crippen molar-refractivity contribution in [1.29, 1.82) is 0 Å². The van der Waals surface area contributed by atoms with Crippen molar-refractivity contribution in [3.05, 3.63) is 36.4 Å². The predicted octanol–water partition coefficient (Wildman–Crippen LogP) is 1.61. The van der Waals surface area contributed by atoms with Crippen LogP contribution in [-0.4, -0.2) is 47.7 Å². The van der Waals surface area contributed by atoms with Crippen LogP contribution in [0.15, 0.2) is 30.8 Å². The number of likely N-dealkylation sites (tertiary alicyclic amines) is 1. The van der Waals surface area contributed by atoms with E-state index in [4.69, 9.17) is 0 Å². The highest BCUT2D eigenvalue weighted by Crippen LogP contribution is 2.29. The molecule has 1 aromatic carbocycles. The topological polar surface area (TPSA) is 103 Å². The van der Waals surface area contributed by atoms with Gasteiger partial charge in [0.05, 0.1) is 18.0 Å². The Morgan fingerprint density at radius 3 is 2.58 bits per heavy atom. The second-order valence-corrected chi connectivity index (χ2v) is 8.89. The molecule has 0 bridgehead atoms. The fourth-order valence-electron chi connectivity index (χ4n) is 4.81. The van der Waals surface area contributed by atoms with Crippen molar-refractivity contribution >= 4 is 29.0 Å². The summed E-state index contributed by atoms with van der Waals surface area (Å²) in [5.41, 5.74) is 2.55. The average Bonchev–Trinajstić information content (AvgIpc) is 2.73. The largest absolute Gasteiger partial charge is 0.340 e. The molecule has 5 atom stereocenters. The fourth-order valence-corrected chi connectivity index (χ4v) is 4.81. The molecule has 8 nitrogen and oxygen atoms in total. The third-order valence-electron chi connectivity index (χ3n) is 6.60. The van der Waals surface area contributed by atoms with E-state index in [0.717, 1.165) is 30.5 Å². The van der Waals surface area contributed by atoms with E-state index in [1.165, 1.54) is 6.42 Å². The number of rotatable bonds is 4. The van der Waals surface area contributed by atoms with Crippen molar-refractivity contribution in [3.8, 4) is 0 Å². The van der Waals surface area contributed by atoms with Crippen LogP contribution >= 0.6 is 0 Å². The molecule has 5 unspecified atom stereocenters.